The van der Waals surface area contributed by atoms with Gasteiger partial charge in [-0.25, -0.2) is 0 Å². The molecule has 0 amide bonds. The summed E-state index contributed by atoms with van der Waals surface area (Å²) < 4.78 is 5.67. The van der Waals surface area contributed by atoms with Crippen molar-refractivity contribution in [1.29, 1.82) is 0 Å². The molecule has 0 N–H and O–H groups in total. The Morgan fingerprint density at radius 1 is 1.16 bits per heavy atom. The van der Waals surface area contributed by atoms with E-state index in [1.54, 1.807) is 18.2 Å². The lowest BCUT2D eigenvalue weighted by Gasteiger charge is -2.10. The smallest absolute Gasteiger partial charge is 0.155 e. The Kier molecular flexibility index (Phi) is 4.23. The van der Waals surface area contributed by atoms with Crippen LogP contribution < -0.4 is 4.74 Å². The van der Waals surface area contributed by atoms with Crippen LogP contribution in [0.2, 0.25) is 5.02 Å². The lowest BCUT2D eigenvalue weighted by atomic mass is 10.1. The summed E-state index contributed by atoms with van der Waals surface area (Å²) in [6.45, 7) is 4.55. The highest BCUT2D eigenvalue weighted by Crippen LogP contribution is 2.25. The summed E-state index contributed by atoms with van der Waals surface area (Å²) in [4.78, 5) is 11.0. The fourth-order valence-electron chi connectivity index (χ4n) is 1.81. The summed E-state index contributed by atoms with van der Waals surface area (Å²) in [6.07, 6.45) is 0.720. The number of halogens is 1. The first kappa shape index (κ1) is 13.6. The van der Waals surface area contributed by atoms with Gasteiger partial charge in [0.2, 0.25) is 0 Å². The number of ether oxygens (including phenoxy) is 1. The van der Waals surface area contributed by atoms with Gasteiger partial charge in [0.05, 0.1) is 10.6 Å². The molecule has 3 heteroatoms. The molecule has 0 unspecified atom stereocenters. The van der Waals surface area contributed by atoms with Crippen molar-refractivity contribution in [2.75, 3.05) is 0 Å². The van der Waals surface area contributed by atoms with E-state index in [4.69, 9.17) is 16.3 Å². The molecule has 2 nitrogen and oxygen atoms in total. The van der Waals surface area contributed by atoms with Crippen molar-refractivity contribution in [3.63, 3.8) is 0 Å². The van der Waals surface area contributed by atoms with Gasteiger partial charge in [0.1, 0.15) is 12.4 Å². The van der Waals surface area contributed by atoms with Crippen LogP contribution in [0.25, 0.3) is 0 Å². The minimum atomic E-state index is 0.396. The van der Waals surface area contributed by atoms with E-state index >= 15 is 0 Å². The highest BCUT2D eigenvalue weighted by Gasteiger charge is 2.07. The topological polar surface area (TPSA) is 26.3 Å². The molecular weight excluding hydrogens is 260 g/mol. The standard InChI is InChI=1S/C16H15ClO2/c1-11-6-7-13(8-12(11)2)10-19-16-5-3-4-15(17)14(16)9-18/h3-9H,10H2,1-2H3. The minimum absolute atomic E-state index is 0.396. The molecule has 0 atom stereocenters. The maximum Gasteiger partial charge on any atom is 0.155 e. The average molecular weight is 275 g/mol. The molecule has 0 radical (unpaired) electrons. The Hall–Kier alpha value is -1.80. The van der Waals surface area contributed by atoms with Crippen LogP contribution in [0.4, 0.5) is 0 Å². The molecule has 0 saturated heterocycles. The molecule has 98 valence electrons. The number of hydrogen-bond acceptors (Lipinski definition) is 2. The van der Waals surface area contributed by atoms with Crippen molar-refractivity contribution in [2.45, 2.75) is 20.5 Å². The number of carbonyl (C=O) groups excluding carboxylic acids is 1. The number of aldehydes is 1. The maximum atomic E-state index is 11.0. The minimum Gasteiger partial charge on any atom is -0.488 e. The van der Waals surface area contributed by atoms with Crippen LogP contribution in [-0.2, 0) is 6.61 Å². The van der Waals surface area contributed by atoms with E-state index in [1.165, 1.54) is 11.1 Å². The molecular formula is C16H15ClO2. The lowest BCUT2D eigenvalue weighted by molar-refractivity contribution is 0.111. The van der Waals surface area contributed by atoms with Crippen molar-refractivity contribution in [3.05, 3.63) is 63.7 Å². The summed E-state index contributed by atoms with van der Waals surface area (Å²) in [6, 6.07) is 11.4. The van der Waals surface area contributed by atoms with Gasteiger partial charge in [-0.2, -0.15) is 0 Å². The van der Waals surface area contributed by atoms with E-state index < -0.39 is 0 Å². The Balaban J connectivity index is 2.16. The fourth-order valence-corrected chi connectivity index (χ4v) is 2.02. The molecule has 0 aliphatic carbocycles. The van der Waals surface area contributed by atoms with Crippen molar-refractivity contribution < 1.29 is 9.53 Å². The van der Waals surface area contributed by atoms with Crippen LogP contribution in [0, 0.1) is 13.8 Å². The van der Waals surface area contributed by atoms with Crippen molar-refractivity contribution in [2.24, 2.45) is 0 Å². The highest BCUT2D eigenvalue weighted by molar-refractivity contribution is 6.33. The van der Waals surface area contributed by atoms with Gasteiger partial charge in [0.25, 0.3) is 0 Å². The van der Waals surface area contributed by atoms with Gasteiger partial charge in [0.15, 0.2) is 6.29 Å². The van der Waals surface area contributed by atoms with E-state index in [-0.39, 0.29) is 0 Å². The van der Waals surface area contributed by atoms with E-state index in [9.17, 15) is 4.79 Å². The van der Waals surface area contributed by atoms with Crippen LogP contribution in [0.3, 0.4) is 0 Å². The van der Waals surface area contributed by atoms with E-state index in [0.717, 1.165) is 11.8 Å². The second-order valence-corrected chi connectivity index (χ2v) is 4.88. The molecule has 2 rings (SSSR count). The van der Waals surface area contributed by atoms with Gasteiger partial charge >= 0.3 is 0 Å². The lowest BCUT2D eigenvalue weighted by Crippen LogP contribution is -1.99. The first-order chi connectivity index (χ1) is 9.11. The second-order valence-electron chi connectivity index (χ2n) is 4.48. The van der Waals surface area contributed by atoms with Crippen LogP contribution in [0.1, 0.15) is 27.0 Å². The second kappa shape index (κ2) is 5.89. The molecule has 0 aromatic heterocycles. The Morgan fingerprint density at radius 3 is 2.63 bits per heavy atom. The molecule has 2 aromatic carbocycles. The molecule has 19 heavy (non-hydrogen) atoms. The first-order valence-corrected chi connectivity index (χ1v) is 6.42. The van der Waals surface area contributed by atoms with Crippen LogP contribution in [0.5, 0.6) is 5.75 Å². The third-order valence-electron chi connectivity index (χ3n) is 3.10. The number of rotatable bonds is 4. The predicted molar refractivity (Wildman–Crippen MR) is 77.1 cm³/mol. The molecule has 2 aromatic rings. The zero-order valence-corrected chi connectivity index (χ0v) is 11.7. The van der Waals surface area contributed by atoms with Gasteiger partial charge < -0.3 is 4.74 Å². The molecule has 0 spiro atoms. The number of carbonyl (C=O) groups is 1. The van der Waals surface area contributed by atoms with Gasteiger partial charge in [-0.05, 0) is 42.7 Å². The molecule has 0 aliphatic rings. The molecule has 0 heterocycles. The summed E-state index contributed by atoms with van der Waals surface area (Å²) >= 11 is 5.95. The third kappa shape index (κ3) is 3.15. The van der Waals surface area contributed by atoms with Crippen molar-refractivity contribution >= 4 is 17.9 Å². The van der Waals surface area contributed by atoms with Gasteiger partial charge in [-0.1, -0.05) is 35.9 Å². The van der Waals surface area contributed by atoms with E-state index in [0.29, 0.717) is 22.9 Å². The predicted octanol–water partition coefficient (Wildman–Crippen LogP) is 4.35. The summed E-state index contributed by atoms with van der Waals surface area (Å²) in [5, 5.41) is 0.410. The normalized spacial score (nSPS) is 10.3. The van der Waals surface area contributed by atoms with Crippen LogP contribution in [-0.4, -0.2) is 6.29 Å². The Morgan fingerprint density at radius 2 is 1.95 bits per heavy atom. The summed E-state index contributed by atoms with van der Waals surface area (Å²) in [7, 11) is 0. The van der Waals surface area contributed by atoms with Gasteiger partial charge in [0, 0.05) is 0 Å². The van der Waals surface area contributed by atoms with E-state index in [1.807, 2.05) is 6.07 Å². The Labute approximate surface area is 118 Å². The first-order valence-electron chi connectivity index (χ1n) is 6.04. The van der Waals surface area contributed by atoms with Crippen LogP contribution >= 0.6 is 11.6 Å². The van der Waals surface area contributed by atoms with Crippen molar-refractivity contribution in [1.82, 2.24) is 0 Å². The maximum absolute atomic E-state index is 11.0. The summed E-state index contributed by atoms with van der Waals surface area (Å²) in [5.74, 6) is 0.515. The summed E-state index contributed by atoms with van der Waals surface area (Å²) in [5.41, 5.74) is 3.94. The van der Waals surface area contributed by atoms with Crippen molar-refractivity contribution in [3.8, 4) is 5.75 Å². The monoisotopic (exact) mass is 274 g/mol. The number of benzene rings is 2. The molecule has 0 fully saturated rings. The van der Waals surface area contributed by atoms with E-state index in [2.05, 4.69) is 26.0 Å². The SMILES string of the molecule is Cc1ccc(COc2cccc(Cl)c2C=O)cc1C. The Bertz CT molecular complexity index is 606. The van der Waals surface area contributed by atoms with Crippen LogP contribution in [0.15, 0.2) is 36.4 Å². The molecule has 0 saturated carbocycles. The third-order valence-corrected chi connectivity index (χ3v) is 3.43. The molecule has 0 bridgehead atoms. The highest BCUT2D eigenvalue weighted by atomic mass is 35.5. The average Bonchev–Trinajstić information content (AvgIpc) is 2.40. The van der Waals surface area contributed by atoms with Gasteiger partial charge in [-0.15, -0.1) is 0 Å². The molecule has 0 aliphatic heterocycles. The largest absolute Gasteiger partial charge is 0.488 e. The zero-order chi connectivity index (χ0) is 13.8. The zero-order valence-electron chi connectivity index (χ0n) is 10.9. The van der Waals surface area contributed by atoms with Gasteiger partial charge in [-0.3, -0.25) is 4.79 Å². The quantitative estimate of drug-likeness (QED) is 0.775. The number of hydrogen-bond donors (Lipinski definition) is 0. The fraction of sp³-hybridized carbons (Fsp3) is 0.188. The number of aryl methyl sites for hydroxylation is 2.